The van der Waals surface area contributed by atoms with E-state index >= 15 is 0 Å². The van der Waals surface area contributed by atoms with Crippen molar-refractivity contribution in [3.05, 3.63) is 0 Å². The Balaban J connectivity index is 3.85. The van der Waals surface area contributed by atoms with E-state index in [1.807, 2.05) is 0 Å². The molecular weight excluding hydrogens is 194 g/mol. The molecule has 0 aliphatic rings. The molecule has 0 bridgehead atoms. The quantitative estimate of drug-likeness (QED) is 0.448. The average Bonchev–Trinajstić information content (AvgIpc) is 2.04. The molecule has 0 fully saturated rings. The number of thiol groups is 1. The largest absolute Gasteiger partial charge is 0.481 e. The molecule has 0 spiro atoms. The van der Waals surface area contributed by atoms with Crippen LogP contribution in [0, 0.1) is 5.92 Å². The van der Waals surface area contributed by atoms with Crippen LogP contribution in [-0.4, -0.2) is 40.5 Å². The van der Waals surface area contributed by atoms with Crippen LogP contribution in [0.4, 0.5) is 0 Å². The molecule has 76 valence electrons. The van der Waals surface area contributed by atoms with Gasteiger partial charge < -0.3 is 15.5 Å². The van der Waals surface area contributed by atoms with Crippen molar-refractivity contribution < 1.29 is 19.8 Å². The second kappa shape index (κ2) is 5.82. The number of nitrogens with one attached hydrogen (secondary N) is 1. The van der Waals surface area contributed by atoms with E-state index in [0.717, 1.165) is 0 Å². The fraction of sp³-hybridized carbons (Fsp3) is 0.714. The highest BCUT2D eigenvalue weighted by molar-refractivity contribution is 7.80. The third kappa shape index (κ3) is 4.74. The third-order valence-corrected chi connectivity index (χ3v) is 1.94. The Bertz CT molecular complexity index is 197. The van der Waals surface area contributed by atoms with Crippen LogP contribution < -0.4 is 5.32 Å². The van der Waals surface area contributed by atoms with Gasteiger partial charge in [-0.1, -0.05) is 6.92 Å². The lowest BCUT2D eigenvalue weighted by Crippen LogP contribution is -2.41. The zero-order valence-electron chi connectivity index (χ0n) is 7.23. The van der Waals surface area contributed by atoms with Crippen LogP contribution in [0.3, 0.4) is 0 Å². The maximum Gasteiger partial charge on any atom is 0.321 e. The Morgan fingerprint density at radius 1 is 1.38 bits per heavy atom. The van der Waals surface area contributed by atoms with E-state index in [9.17, 15) is 9.59 Å². The molecule has 0 radical (unpaired) electrons. The Labute approximate surface area is 81.5 Å². The Morgan fingerprint density at radius 2 is 1.92 bits per heavy atom. The van der Waals surface area contributed by atoms with Crippen molar-refractivity contribution in [3.8, 4) is 0 Å². The summed E-state index contributed by atoms with van der Waals surface area (Å²) in [5.41, 5.74) is 0. The van der Waals surface area contributed by atoms with Gasteiger partial charge in [-0.05, 0) is 0 Å². The summed E-state index contributed by atoms with van der Waals surface area (Å²) in [7, 11) is 0. The molecule has 0 saturated heterocycles. The first-order valence-electron chi connectivity index (χ1n) is 3.79. The highest BCUT2D eigenvalue weighted by atomic mass is 32.1. The first-order valence-corrected chi connectivity index (χ1v) is 4.42. The topological polar surface area (TPSA) is 86.6 Å². The Kier molecular flexibility index (Phi) is 5.48. The minimum atomic E-state index is -1.02. The smallest absolute Gasteiger partial charge is 0.321 e. The van der Waals surface area contributed by atoms with Crippen molar-refractivity contribution in [3.63, 3.8) is 0 Å². The minimum Gasteiger partial charge on any atom is -0.481 e. The molecule has 0 rings (SSSR count). The summed E-state index contributed by atoms with van der Waals surface area (Å²) in [4.78, 5) is 20.8. The molecule has 0 aromatic heterocycles. The molecule has 0 aromatic rings. The summed E-state index contributed by atoms with van der Waals surface area (Å²) in [6.07, 6.45) is 0. The summed E-state index contributed by atoms with van der Waals surface area (Å²) in [5.74, 6) is -2.42. The molecular formula is C7H13NO4S. The predicted octanol–water partition coefficient (Wildman–Crippen LogP) is -0.320. The summed E-state index contributed by atoms with van der Waals surface area (Å²) < 4.78 is 0. The summed E-state index contributed by atoms with van der Waals surface area (Å²) in [6, 6.07) is -0.787. The van der Waals surface area contributed by atoms with Crippen molar-refractivity contribution in [2.45, 2.75) is 13.0 Å². The Morgan fingerprint density at radius 3 is 2.23 bits per heavy atom. The molecule has 0 heterocycles. The standard InChI is InChI=1S/C7H13NO4S/c1-4(6(9)10)2-8-5(3-13)7(11)12/h4-5,8,13H,2-3H2,1H3,(H,9,10)(H,11,12). The van der Waals surface area contributed by atoms with Gasteiger partial charge in [-0.2, -0.15) is 12.6 Å². The number of carboxylic acid groups (broad SMARTS) is 2. The molecule has 0 aliphatic heterocycles. The fourth-order valence-corrected chi connectivity index (χ4v) is 0.922. The number of hydrogen-bond acceptors (Lipinski definition) is 4. The summed E-state index contributed by atoms with van der Waals surface area (Å²) >= 11 is 3.82. The molecule has 6 heteroatoms. The van der Waals surface area contributed by atoms with Crippen molar-refractivity contribution in [2.24, 2.45) is 5.92 Å². The summed E-state index contributed by atoms with van der Waals surface area (Å²) in [5, 5.41) is 19.7. The maximum atomic E-state index is 10.5. The fourth-order valence-electron chi connectivity index (χ4n) is 0.636. The van der Waals surface area contributed by atoms with Gasteiger partial charge in [0.1, 0.15) is 6.04 Å². The van der Waals surface area contributed by atoms with Crippen molar-refractivity contribution in [1.82, 2.24) is 5.32 Å². The molecule has 13 heavy (non-hydrogen) atoms. The van der Waals surface area contributed by atoms with Gasteiger partial charge in [0.2, 0.25) is 0 Å². The first kappa shape index (κ1) is 12.2. The molecule has 0 saturated carbocycles. The SMILES string of the molecule is CC(CNC(CS)C(=O)O)C(=O)O. The zero-order valence-corrected chi connectivity index (χ0v) is 8.12. The van der Waals surface area contributed by atoms with Crippen LogP contribution >= 0.6 is 12.6 Å². The predicted molar refractivity (Wildman–Crippen MR) is 50.1 cm³/mol. The second-order valence-electron chi connectivity index (χ2n) is 2.72. The van der Waals surface area contributed by atoms with E-state index in [1.54, 1.807) is 0 Å². The van der Waals surface area contributed by atoms with Crippen LogP contribution in [0.25, 0.3) is 0 Å². The normalized spacial score (nSPS) is 14.9. The Hall–Kier alpha value is -0.750. The summed E-state index contributed by atoms with van der Waals surface area (Å²) in [6.45, 7) is 1.64. The van der Waals surface area contributed by atoms with E-state index in [0.29, 0.717) is 0 Å². The molecule has 2 unspecified atom stereocenters. The van der Waals surface area contributed by atoms with Crippen LogP contribution in [-0.2, 0) is 9.59 Å². The average molecular weight is 207 g/mol. The lowest BCUT2D eigenvalue weighted by Gasteiger charge is -2.13. The van der Waals surface area contributed by atoms with Gasteiger partial charge in [-0.3, -0.25) is 9.59 Å². The van der Waals surface area contributed by atoms with Crippen LogP contribution in [0.15, 0.2) is 0 Å². The van der Waals surface area contributed by atoms with E-state index in [-0.39, 0.29) is 12.3 Å². The van der Waals surface area contributed by atoms with Crippen LogP contribution in [0.5, 0.6) is 0 Å². The molecule has 0 amide bonds. The molecule has 0 aromatic carbocycles. The molecule has 3 N–H and O–H groups in total. The number of aliphatic carboxylic acids is 2. The molecule has 5 nitrogen and oxygen atoms in total. The minimum absolute atomic E-state index is 0.132. The van der Waals surface area contributed by atoms with Crippen molar-refractivity contribution >= 4 is 24.6 Å². The monoisotopic (exact) mass is 207 g/mol. The second-order valence-corrected chi connectivity index (χ2v) is 3.09. The maximum absolute atomic E-state index is 10.5. The third-order valence-electron chi connectivity index (χ3n) is 1.57. The van der Waals surface area contributed by atoms with Crippen LogP contribution in [0.2, 0.25) is 0 Å². The molecule has 2 atom stereocenters. The van der Waals surface area contributed by atoms with E-state index in [4.69, 9.17) is 10.2 Å². The number of hydrogen-bond donors (Lipinski definition) is 4. The van der Waals surface area contributed by atoms with E-state index < -0.39 is 23.9 Å². The highest BCUT2D eigenvalue weighted by Crippen LogP contribution is 1.94. The highest BCUT2D eigenvalue weighted by Gasteiger charge is 2.17. The van der Waals surface area contributed by atoms with Crippen molar-refractivity contribution in [2.75, 3.05) is 12.3 Å². The number of rotatable bonds is 6. The zero-order chi connectivity index (χ0) is 10.4. The van der Waals surface area contributed by atoms with E-state index in [2.05, 4.69) is 17.9 Å². The van der Waals surface area contributed by atoms with Gasteiger partial charge in [-0.15, -0.1) is 0 Å². The van der Waals surface area contributed by atoms with Gasteiger partial charge in [0.25, 0.3) is 0 Å². The van der Waals surface area contributed by atoms with Gasteiger partial charge in [-0.25, -0.2) is 0 Å². The van der Waals surface area contributed by atoms with Gasteiger partial charge in [0.05, 0.1) is 5.92 Å². The first-order chi connectivity index (χ1) is 5.99. The van der Waals surface area contributed by atoms with Crippen LogP contribution in [0.1, 0.15) is 6.92 Å². The van der Waals surface area contributed by atoms with Crippen molar-refractivity contribution in [1.29, 1.82) is 0 Å². The van der Waals surface area contributed by atoms with Gasteiger partial charge in [0, 0.05) is 12.3 Å². The van der Waals surface area contributed by atoms with Gasteiger partial charge >= 0.3 is 11.9 Å². The number of carboxylic acids is 2. The van der Waals surface area contributed by atoms with Gasteiger partial charge in [0.15, 0.2) is 0 Å². The lowest BCUT2D eigenvalue weighted by atomic mass is 10.2. The lowest BCUT2D eigenvalue weighted by molar-refractivity contribution is -0.142. The number of carbonyl (C=O) groups is 2. The van der Waals surface area contributed by atoms with E-state index in [1.165, 1.54) is 6.92 Å². The molecule has 0 aliphatic carbocycles.